The average molecular weight is 262 g/mol. The van der Waals surface area contributed by atoms with E-state index in [2.05, 4.69) is 0 Å². The molecule has 0 radical (unpaired) electrons. The van der Waals surface area contributed by atoms with Crippen LogP contribution >= 0.6 is 0 Å². The number of aliphatic hydroxyl groups excluding tert-OH is 1. The number of aliphatic hydroxyl groups is 1. The summed E-state index contributed by atoms with van der Waals surface area (Å²) in [6.07, 6.45) is -1.39. The van der Waals surface area contributed by atoms with E-state index in [-0.39, 0.29) is 5.56 Å². The van der Waals surface area contributed by atoms with Crippen molar-refractivity contribution in [1.29, 1.82) is 0 Å². The summed E-state index contributed by atoms with van der Waals surface area (Å²) in [4.78, 5) is 10.7. The number of carboxylic acid groups (broad SMARTS) is 1. The van der Waals surface area contributed by atoms with Gasteiger partial charge in [-0.25, -0.2) is 13.2 Å². The van der Waals surface area contributed by atoms with Crippen molar-refractivity contribution in [2.24, 2.45) is 11.8 Å². The summed E-state index contributed by atoms with van der Waals surface area (Å²) >= 11 is 0. The molecule has 3 atom stereocenters. The summed E-state index contributed by atoms with van der Waals surface area (Å²) in [6.45, 7) is 2.80. The van der Waals surface area contributed by atoms with E-state index < -0.39 is 41.4 Å². The maximum atomic E-state index is 13.0. The van der Waals surface area contributed by atoms with Crippen molar-refractivity contribution in [2.75, 3.05) is 0 Å². The first-order chi connectivity index (χ1) is 8.25. The predicted octanol–water partition coefficient (Wildman–Crippen LogP) is 2.49. The zero-order chi connectivity index (χ0) is 14.0. The molecule has 0 aliphatic carbocycles. The van der Waals surface area contributed by atoms with Gasteiger partial charge in [0.1, 0.15) is 0 Å². The first-order valence-corrected chi connectivity index (χ1v) is 5.31. The van der Waals surface area contributed by atoms with Crippen molar-refractivity contribution in [1.82, 2.24) is 0 Å². The zero-order valence-corrected chi connectivity index (χ0v) is 9.82. The summed E-state index contributed by atoms with van der Waals surface area (Å²) in [5.74, 6) is -7.27. The first kappa shape index (κ1) is 14.5. The van der Waals surface area contributed by atoms with Crippen molar-refractivity contribution in [3.05, 3.63) is 35.1 Å². The molecule has 0 heterocycles. The van der Waals surface area contributed by atoms with Crippen molar-refractivity contribution < 1.29 is 28.2 Å². The lowest BCUT2D eigenvalue weighted by Crippen LogP contribution is -2.24. The van der Waals surface area contributed by atoms with Gasteiger partial charge in [-0.2, -0.15) is 0 Å². The molecule has 0 saturated carbocycles. The molecule has 100 valence electrons. The Balaban J connectivity index is 3.04. The molecule has 3 unspecified atom stereocenters. The number of hydrogen-bond donors (Lipinski definition) is 2. The minimum Gasteiger partial charge on any atom is -0.481 e. The highest BCUT2D eigenvalue weighted by Crippen LogP contribution is 2.29. The molecule has 0 aliphatic rings. The zero-order valence-electron chi connectivity index (χ0n) is 9.82. The van der Waals surface area contributed by atoms with Crippen molar-refractivity contribution in [2.45, 2.75) is 20.0 Å². The van der Waals surface area contributed by atoms with Crippen LogP contribution in [0, 0.1) is 29.3 Å². The Morgan fingerprint density at radius 2 is 1.61 bits per heavy atom. The number of carboxylic acids is 1. The quantitative estimate of drug-likeness (QED) is 0.820. The van der Waals surface area contributed by atoms with Gasteiger partial charge in [-0.3, -0.25) is 4.79 Å². The van der Waals surface area contributed by atoms with Gasteiger partial charge in [0.05, 0.1) is 12.0 Å². The van der Waals surface area contributed by atoms with E-state index in [0.29, 0.717) is 12.1 Å². The summed E-state index contributed by atoms with van der Waals surface area (Å²) in [6, 6.07) is 1.32. The summed E-state index contributed by atoms with van der Waals surface area (Å²) < 4.78 is 38.7. The highest BCUT2D eigenvalue weighted by molar-refractivity contribution is 5.69. The molecule has 0 fully saturated rings. The van der Waals surface area contributed by atoms with E-state index >= 15 is 0 Å². The SMILES string of the molecule is CC(C(=O)O)C(C)C(O)c1cc(F)c(F)c(F)c1. The highest BCUT2D eigenvalue weighted by atomic mass is 19.2. The summed E-state index contributed by atoms with van der Waals surface area (Å²) in [7, 11) is 0. The van der Waals surface area contributed by atoms with Gasteiger partial charge in [0.25, 0.3) is 0 Å². The molecule has 0 bridgehead atoms. The number of rotatable bonds is 4. The van der Waals surface area contributed by atoms with Crippen molar-refractivity contribution in [3.63, 3.8) is 0 Å². The lowest BCUT2D eigenvalue weighted by molar-refractivity contribution is -0.144. The molecule has 0 saturated heterocycles. The number of carbonyl (C=O) groups is 1. The van der Waals surface area contributed by atoms with E-state index in [1.807, 2.05) is 0 Å². The second-order valence-electron chi connectivity index (χ2n) is 4.23. The van der Waals surface area contributed by atoms with E-state index in [4.69, 9.17) is 5.11 Å². The van der Waals surface area contributed by atoms with E-state index in [1.54, 1.807) is 0 Å². The topological polar surface area (TPSA) is 57.5 Å². The Morgan fingerprint density at radius 1 is 1.17 bits per heavy atom. The van der Waals surface area contributed by atoms with Gasteiger partial charge in [0.2, 0.25) is 0 Å². The number of hydrogen-bond acceptors (Lipinski definition) is 2. The monoisotopic (exact) mass is 262 g/mol. The molecule has 1 aromatic carbocycles. The average Bonchev–Trinajstić information content (AvgIpc) is 2.32. The standard InChI is InChI=1S/C12H13F3O3/c1-5(6(2)12(17)18)11(16)7-3-8(13)10(15)9(14)4-7/h3-6,11,16H,1-2H3,(H,17,18). The predicted molar refractivity (Wildman–Crippen MR) is 57.2 cm³/mol. The molecule has 18 heavy (non-hydrogen) atoms. The van der Waals surface area contributed by atoms with Crippen molar-refractivity contribution in [3.8, 4) is 0 Å². The molecule has 1 rings (SSSR count). The van der Waals surface area contributed by atoms with Crippen molar-refractivity contribution >= 4 is 5.97 Å². The molecule has 0 amide bonds. The maximum absolute atomic E-state index is 13.0. The van der Waals surface area contributed by atoms with E-state index in [9.17, 15) is 23.1 Å². The maximum Gasteiger partial charge on any atom is 0.306 e. The molecule has 2 N–H and O–H groups in total. The van der Waals surface area contributed by atoms with Crippen LogP contribution in [-0.4, -0.2) is 16.2 Å². The second-order valence-corrected chi connectivity index (χ2v) is 4.23. The Hall–Kier alpha value is -1.56. The van der Waals surface area contributed by atoms with Gasteiger partial charge >= 0.3 is 5.97 Å². The fourth-order valence-electron chi connectivity index (χ4n) is 1.55. The lowest BCUT2D eigenvalue weighted by atomic mass is 9.87. The van der Waals surface area contributed by atoms with Crippen LogP contribution in [0.25, 0.3) is 0 Å². The first-order valence-electron chi connectivity index (χ1n) is 5.31. The summed E-state index contributed by atoms with van der Waals surface area (Å²) in [5.41, 5.74) is -0.188. The second kappa shape index (κ2) is 5.39. The molecule has 0 aliphatic heterocycles. The van der Waals surface area contributed by atoms with Gasteiger partial charge in [0.15, 0.2) is 17.5 Å². The fourth-order valence-corrected chi connectivity index (χ4v) is 1.55. The highest BCUT2D eigenvalue weighted by Gasteiger charge is 2.28. The molecule has 6 heteroatoms. The third kappa shape index (κ3) is 2.81. The van der Waals surface area contributed by atoms with Gasteiger partial charge in [0, 0.05) is 0 Å². The minimum atomic E-state index is -1.62. The van der Waals surface area contributed by atoms with Crippen LogP contribution in [0.2, 0.25) is 0 Å². The Kier molecular flexibility index (Phi) is 4.34. The molecular weight excluding hydrogens is 249 g/mol. The molecule has 1 aromatic rings. The Bertz CT molecular complexity index is 439. The smallest absolute Gasteiger partial charge is 0.306 e. The number of halogens is 3. The summed E-state index contributed by atoms with van der Waals surface area (Å²) in [5, 5.41) is 18.6. The van der Waals surface area contributed by atoms with Gasteiger partial charge in [-0.15, -0.1) is 0 Å². The van der Waals surface area contributed by atoms with Crippen LogP contribution in [0.1, 0.15) is 25.5 Å². The Morgan fingerprint density at radius 3 is 2.00 bits per heavy atom. The van der Waals surface area contributed by atoms with E-state index in [1.165, 1.54) is 13.8 Å². The van der Waals surface area contributed by atoms with Crippen LogP contribution in [0.15, 0.2) is 12.1 Å². The molecular formula is C12H13F3O3. The molecule has 0 spiro atoms. The van der Waals surface area contributed by atoms with Crippen LogP contribution in [0.3, 0.4) is 0 Å². The van der Waals surface area contributed by atoms with Crippen LogP contribution in [0.4, 0.5) is 13.2 Å². The van der Waals surface area contributed by atoms with Crippen LogP contribution in [-0.2, 0) is 4.79 Å². The fraction of sp³-hybridized carbons (Fsp3) is 0.417. The molecule has 3 nitrogen and oxygen atoms in total. The minimum absolute atomic E-state index is 0.188. The lowest BCUT2D eigenvalue weighted by Gasteiger charge is -2.22. The third-order valence-electron chi connectivity index (χ3n) is 3.02. The normalized spacial score (nSPS) is 16.1. The van der Waals surface area contributed by atoms with E-state index in [0.717, 1.165) is 0 Å². The van der Waals surface area contributed by atoms with Crippen LogP contribution < -0.4 is 0 Å². The number of benzene rings is 1. The van der Waals surface area contributed by atoms with Gasteiger partial charge in [-0.1, -0.05) is 13.8 Å². The van der Waals surface area contributed by atoms with Crippen LogP contribution in [0.5, 0.6) is 0 Å². The molecule has 0 aromatic heterocycles. The largest absolute Gasteiger partial charge is 0.481 e. The Labute approximate surface area is 102 Å². The number of aliphatic carboxylic acids is 1. The third-order valence-corrected chi connectivity index (χ3v) is 3.02. The van der Waals surface area contributed by atoms with Gasteiger partial charge in [-0.05, 0) is 23.6 Å². The van der Waals surface area contributed by atoms with Gasteiger partial charge < -0.3 is 10.2 Å².